The van der Waals surface area contributed by atoms with Crippen molar-refractivity contribution in [2.24, 2.45) is 5.92 Å². The largest absolute Gasteiger partial charge is 0.496 e. The molecule has 32 heavy (non-hydrogen) atoms. The summed E-state index contributed by atoms with van der Waals surface area (Å²) in [7, 11) is 4.40. The summed E-state index contributed by atoms with van der Waals surface area (Å²) in [6.07, 6.45) is 1.62. The lowest BCUT2D eigenvalue weighted by Crippen LogP contribution is -2.50. The highest BCUT2D eigenvalue weighted by molar-refractivity contribution is 6.35. The van der Waals surface area contributed by atoms with Gasteiger partial charge in [-0.25, -0.2) is 0 Å². The van der Waals surface area contributed by atoms with Gasteiger partial charge in [-0.15, -0.1) is 0 Å². The van der Waals surface area contributed by atoms with Crippen molar-refractivity contribution in [3.8, 4) is 23.0 Å². The van der Waals surface area contributed by atoms with Crippen LogP contribution in [0.5, 0.6) is 11.5 Å². The van der Waals surface area contributed by atoms with Crippen LogP contribution in [0.2, 0.25) is 5.02 Å². The van der Waals surface area contributed by atoms with Crippen LogP contribution in [-0.4, -0.2) is 49.1 Å². The standard InChI is InChI=1S/C22H25ClN2O7/c1-11-7-14(27)8-17(30-6)22(11,10-26)31-19-12(2)16(29-5)9-15(18(19)23)21-24-20(25-32-21)13(3)28-4/h8-11,13H,7H2,1-6H3/t11-,13?,22+/m1/s1. The van der Waals surface area contributed by atoms with Crippen LogP contribution in [0.4, 0.5) is 0 Å². The van der Waals surface area contributed by atoms with E-state index >= 15 is 0 Å². The summed E-state index contributed by atoms with van der Waals surface area (Å²) in [5.41, 5.74) is -0.646. The molecule has 1 unspecified atom stereocenters. The van der Waals surface area contributed by atoms with Crippen molar-refractivity contribution < 1.29 is 33.1 Å². The Labute approximate surface area is 190 Å². The van der Waals surface area contributed by atoms with Crippen molar-refractivity contribution in [1.29, 1.82) is 0 Å². The summed E-state index contributed by atoms with van der Waals surface area (Å²) >= 11 is 6.72. The Hall–Kier alpha value is -2.91. The van der Waals surface area contributed by atoms with E-state index in [4.69, 9.17) is 35.1 Å². The fourth-order valence-corrected chi connectivity index (χ4v) is 3.87. The maximum Gasteiger partial charge on any atom is 0.259 e. The molecule has 1 aliphatic carbocycles. The molecule has 3 atom stereocenters. The number of nitrogens with zero attached hydrogens (tertiary/aromatic N) is 2. The average Bonchev–Trinajstić information content (AvgIpc) is 3.27. The smallest absolute Gasteiger partial charge is 0.259 e. The summed E-state index contributed by atoms with van der Waals surface area (Å²) in [5, 5.41) is 4.07. The Morgan fingerprint density at radius 3 is 2.62 bits per heavy atom. The van der Waals surface area contributed by atoms with Crippen LogP contribution in [0.1, 0.15) is 37.8 Å². The van der Waals surface area contributed by atoms with Crippen molar-refractivity contribution in [2.75, 3.05) is 21.3 Å². The third-order valence-corrected chi connectivity index (χ3v) is 5.99. The number of ketones is 1. The topological polar surface area (TPSA) is 110 Å². The predicted molar refractivity (Wildman–Crippen MR) is 115 cm³/mol. The van der Waals surface area contributed by atoms with Gasteiger partial charge in [0.2, 0.25) is 11.4 Å². The second-order valence-electron chi connectivity index (χ2n) is 7.53. The van der Waals surface area contributed by atoms with Crippen molar-refractivity contribution in [1.82, 2.24) is 10.1 Å². The molecule has 1 aromatic carbocycles. The zero-order chi connectivity index (χ0) is 23.6. The van der Waals surface area contributed by atoms with Gasteiger partial charge in [-0.05, 0) is 19.9 Å². The minimum Gasteiger partial charge on any atom is -0.496 e. The summed E-state index contributed by atoms with van der Waals surface area (Å²) < 4.78 is 27.7. The molecule has 1 aliphatic rings. The Bertz CT molecular complexity index is 1060. The maximum atomic E-state index is 12.3. The first-order valence-corrected chi connectivity index (χ1v) is 10.3. The van der Waals surface area contributed by atoms with Crippen molar-refractivity contribution in [2.45, 2.75) is 38.9 Å². The number of halogens is 1. The van der Waals surface area contributed by atoms with E-state index in [1.165, 1.54) is 27.4 Å². The van der Waals surface area contributed by atoms with Gasteiger partial charge in [0.25, 0.3) is 5.89 Å². The van der Waals surface area contributed by atoms with Crippen molar-refractivity contribution in [3.05, 3.63) is 34.3 Å². The Morgan fingerprint density at radius 1 is 1.31 bits per heavy atom. The van der Waals surface area contributed by atoms with Gasteiger partial charge >= 0.3 is 0 Å². The molecule has 0 fully saturated rings. The quantitative estimate of drug-likeness (QED) is 0.537. The van der Waals surface area contributed by atoms with E-state index in [1.807, 2.05) is 0 Å². The Kier molecular flexibility index (Phi) is 6.90. The van der Waals surface area contributed by atoms with E-state index in [9.17, 15) is 9.59 Å². The molecule has 10 heteroatoms. The highest BCUT2D eigenvalue weighted by Gasteiger charge is 2.48. The summed E-state index contributed by atoms with van der Waals surface area (Å²) in [6, 6.07) is 1.65. The number of methoxy groups -OCH3 is 3. The first-order valence-electron chi connectivity index (χ1n) is 9.90. The third-order valence-electron chi connectivity index (χ3n) is 5.61. The van der Waals surface area contributed by atoms with Crippen LogP contribution in [0.3, 0.4) is 0 Å². The van der Waals surface area contributed by atoms with Gasteiger partial charge < -0.3 is 23.5 Å². The SMILES string of the molecule is COC1=CC(=O)C[C@@H](C)[C@]1(C=O)Oc1c(C)c(OC)cc(-c2nc(C(C)OC)no2)c1Cl. The molecule has 1 aromatic heterocycles. The summed E-state index contributed by atoms with van der Waals surface area (Å²) in [5.74, 6) is 0.523. The molecular formula is C22H25ClN2O7. The van der Waals surface area contributed by atoms with Crippen LogP contribution < -0.4 is 9.47 Å². The molecule has 2 aromatic rings. The average molecular weight is 465 g/mol. The van der Waals surface area contributed by atoms with E-state index in [2.05, 4.69) is 10.1 Å². The van der Waals surface area contributed by atoms with Crippen LogP contribution in [-0.2, 0) is 19.1 Å². The fraction of sp³-hybridized carbons (Fsp3) is 0.455. The van der Waals surface area contributed by atoms with Gasteiger partial charge in [-0.1, -0.05) is 23.7 Å². The van der Waals surface area contributed by atoms with E-state index in [1.54, 1.807) is 26.8 Å². The van der Waals surface area contributed by atoms with Crippen LogP contribution in [0, 0.1) is 12.8 Å². The van der Waals surface area contributed by atoms with Crippen LogP contribution in [0.25, 0.3) is 11.5 Å². The lowest BCUT2D eigenvalue weighted by atomic mass is 9.79. The number of ether oxygens (including phenoxy) is 4. The van der Waals surface area contributed by atoms with Crippen molar-refractivity contribution >= 4 is 23.7 Å². The minimum absolute atomic E-state index is 0.102. The maximum absolute atomic E-state index is 12.3. The Morgan fingerprint density at radius 2 is 2.03 bits per heavy atom. The van der Waals surface area contributed by atoms with Gasteiger partial charge in [-0.2, -0.15) is 4.98 Å². The summed E-state index contributed by atoms with van der Waals surface area (Å²) in [6.45, 7) is 5.25. The predicted octanol–water partition coefficient (Wildman–Crippen LogP) is 3.87. The lowest BCUT2D eigenvalue weighted by molar-refractivity contribution is -0.130. The first kappa shape index (κ1) is 23.7. The molecule has 0 radical (unpaired) electrons. The highest BCUT2D eigenvalue weighted by Crippen LogP contribution is 2.46. The number of allylic oxidation sites excluding steroid dienone is 1. The third kappa shape index (κ3) is 3.98. The number of benzene rings is 1. The van der Waals surface area contributed by atoms with Crippen molar-refractivity contribution in [3.63, 3.8) is 0 Å². The normalized spacial score (nSPS) is 21.7. The van der Waals surface area contributed by atoms with Gasteiger partial charge in [0.05, 0.1) is 24.8 Å². The zero-order valence-electron chi connectivity index (χ0n) is 18.7. The number of aromatic nitrogens is 2. The van der Waals surface area contributed by atoms with Gasteiger partial charge in [0.15, 0.2) is 17.8 Å². The number of carbonyl (C=O) groups excluding carboxylic acids is 2. The van der Waals surface area contributed by atoms with Crippen LogP contribution in [0.15, 0.2) is 22.4 Å². The van der Waals surface area contributed by atoms with Gasteiger partial charge in [0.1, 0.15) is 17.6 Å². The fourth-order valence-electron chi connectivity index (χ4n) is 3.56. The lowest BCUT2D eigenvalue weighted by Gasteiger charge is -2.38. The molecule has 9 nitrogen and oxygen atoms in total. The molecule has 1 heterocycles. The molecular weight excluding hydrogens is 440 g/mol. The van der Waals surface area contributed by atoms with E-state index in [0.717, 1.165) is 0 Å². The van der Waals surface area contributed by atoms with E-state index in [-0.39, 0.29) is 40.7 Å². The second kappa shape index (κ2) is 9.30. The molecule has 0 aliphatic heterocycles. The number of hydrogen-bond donors (Lipinski definition) is 0. The number of rotatable bonds is 8. The molecule has 0 amide bonds. The van der Waals surface area contributed by atoms with Gasteiger partial charge in [-0.3, -0.25) is 9.59 Å². The first-order chi connectivity index (χ1) is 15.2. The second-order valence-corrected chi connectivity index (χ2v) is 7.91. The molecule has 0 saturated carbocycles. The molecule has 0 N–H and O–H groups in total. The number of carbonyl (C=O) groups is 2. The minimum atomic E-state index is -1.55. The van der Waals surface area contributed by atoms with Crippen LogP contribution >= 0.6 is 11.6 Å². The highest BCUT2D eigenvalue weighted by atomic mass is 35.5. The molecule has 0 saturated heterocycles. The summed E-state index contributed by atoms with van der Waals surface area (Å²) in [4.78, 5) is 28.7. The molecule has 0 spiro atoms. The van der Waals surface area contributed by atoms with E-state index < -0.39 is 11.5 Å². The Balaban J connectivity index is 2.17. The zero-order valence-corrected chi connectivity index (χ0v) is 19.5. The van der Waals surface area contributed by atoms with E-state index in [0.29, 0.717) is 29.0 Å². The monoisotopic (exact) mass is 464 g/mol. The van der Waals surface area contributed by atoms with Gasteiger partial charge in [0, 0.05) is 31.1 Å². The number of hydrogen-bond acceptors (Lipinski definition) is 9. The molecule has 3 rings (SSSR count). The number of aldehydes is 1. The molecule has 172 valence electrons. The molecule has 0 bridgehead atoms.